The molecule has 148 valence electrons. The topological polar surface area (TPSA) is 56.4 Å². The fourth-order valence-electron chi connectivity index (χ4n) is 3.09. The summed E-state index contributed by atoms with van der Waals surface area (Å²) in [6.07, 6.45) is 3.51. The monoisotopic (exact) mass is 425 g/mol. The van der Waals surface area contributed by atoms with E-state index in [1.54, 1.807) is 53.4 Å². The Morgan fingerprint density at radius 1 is 1.07 bits per heavy atom. The van der Waals surface area contributed by atoms with Crippen molar-refractivity contribution < 1.29 is 14.8 Å². The Morgan fingerprint density at radius 2 is 1.72 bits per heavy atom. The Labute approximate surface area is 180 Å². The molecule has 0 spiro atoms. The van der Waals surface area contributed by atoms with Crippen molar-refractivity contribution in [2.45, 2.75) is 20.5 Å². The molecule has 0 saturated carbocycles. The molecule has 1 heterocycles. The smallest absolute Gasteiger partial charge is 0.288 e. The molecule has 29 heavy (non-hydrogen) atoms. The van der Waals surface area contributed by atoms with Gasteiger partial charge in [-0.05, 0) is 67.4 Å². The van der Waals surface area contributed by atoms with Gasteiger partial charge >= 0.3 is 0 Å². The van der Waals surface area contributed by atoms with E-state index in [0.29, 0.717) is 26.8 Å². The van der Waals surface area contributed by atoms with Crippen molar-refractivity contribution in [3.63, 3.8) is 0 Å². The highest BCUT2D eigenvalue weighted by atomic mass is 35.5. The van der Waals surface area contributed by atoms with E-state index in [4.69, 9.17) is 23.8 Å². The number of nitrogens with one attached hydrogen (secondary N) is 1. The summed E-state index contributed by atoms with van der Waals surface area (Å²) >= 11 is 11.7. The molecule has 0 saturated heterocycles. The van der Waals surface area contributed by atoms with E-state index in [-0.39, 0.29) is 12.4 Å². The summed E-state index contributed by atoms with van der Waals surface area (Å²) < 4.78 is 1.70. The lowest BCUT2D eigenvalue weighted by molar-refractivity contribution is -0.576. The van der Waals surface area contributed by atoms with E-state index in [9.17, 15) is 10.2 Å². The number of aromatic nitrogens is 1. The zero-order valence-corrected chi connectivity index (χ0v) is 17.8. The number of hydrogen-bond donors (Lipinski definition) is 3. The van der Waals surface area contributed by atoms with E-state index in [0.717, 1.165) is 16.8 Å². The fourth-order valence-corrected chi connectivity index (χ4v) is 3.53. The number of pyridine rings is 1. The maximum atomic E-state index is 11.1. The summed E-state index contributed by atoms with van der Waals surface area (Å²) in [5, 5.41) is 24.4. The van der Waals surface area contributed by atoms with Crippen LogP contribution in [-0.2, 0) is 6.61 Å². The van der Waals surface area contributed by atoms with Gasteiger partial charge in [0.1, 0.15) is 0 Å². The number of aryl methyl sites for hydroxylation is 2. The predicted octanol–water partition coefficient (Wildman–Crippen LogP) is 5.06. The van der Waals surface area contributed by atoms with Gasteiger partial charge in [-0.1, -0.05) is 29.9 Å². The van der Waals surface area contributed by atoms with Crippen LogP contribution in [0.15, 0.2) is 67.0 Å². The molecule has 0 aliphatic heterocycles. The van der Waals surface area contributed by atoms with Crippen LogP contribution in [0.4, 0.5) is 5.69 Å². The average molecular weight is 426 g/mol. The second-order valence-corrected chi connectivity index (χ2v) is 7.66. The number of hydrogen-bond acceptors (Lipinski definition) is 3. The van der Waals surface area contributed by atoms with Crippen molar-refractivity contribution >= 4 is 46.0 Å². The van der Waals surface area contributed by atoms with Gasteiger partial charge in [0, 0.05) is 27.9 Å². The summed E-state index contributed by atoms with van der Waals surface area (Å²) in [6.45, 7) is 3.92. The van der Waals surface area contributed by atoms with Crippen LogP contribution in [0.1, 0.15) is 22.3 Å². The lowest BCUT2D eigenvalue weighted by Gasteiger charge is -2.12. The largest absolute Gasteiger partial charge is 0.502 e. The first-order valence-electron chi connectivity index (χ1n) is 9.07. The molecular weight excluding hydrogens is 404 g/mol. The quantitative estimate of drug-likeness (QED) is 0.231. The van der Waals surface area contributed by atoms with Crippen LogP contribution >= 0.6 is 23.8 Å². The molecule has 4 nitrogen and oxygen atoms in total. The van der Waals surface area contributed by atoms with Crippen LogP contribution < -0.4 is 9.88 Å². The Morgan fingerprint density at radius 3 is 2.34 bits per heavy atom. The molecule has 0 unspecified atom stereocenters. The molecule has 0 bridgehead atoms. The van der Waals surface area contributed by atoms with Crippen LogP contribution in [0.2, 0.25) is 5.02 Å². The van der Waals surface area contributed by atoms with E-state index >= 15 is 0 Å². The SMILES string of the molecule is Cc1cc(C)cc(NC(=S)/C(=C(\O)c2ccc(Cl)cc2)[n+]2cccc(CO)c2)c1. The second-order valence-electron chi connectivity index (χ2n) is 6.81. The molecule has 2 aromatic carbocycles. The highest BCUT2D eigenvalue weighted by molar-refractivity contribution is 7.81. The number of thiocarbonyl (C=S) groups is 1. The first kappa shape index (κ1) is 21.0. The molecule has 0 amide bonds. The first-order valence-corrected chi connectivity index (χ1v) is 9.86. The van der Waals surface area contributed by atoms with Gasteiger partial charge in [-0.15, -0.1) is 0 Å². The van der Waals surface area contributed by atoms with Gasteiger partial charge in [0.25, 0.3) is 5.70 Å². The zero-order valence-electron chi connectivity index (χ0n) is 16.2. The molecular formula is C23H22ClN2O2S+. The maximum Gasteiger partial charge on any atom is 0.288 e. The Balaban J connectivity index is 2.09. The maximum absolute atomic E-state index is 11.1. The predicted molar refractivity (Wildman–Crippen MR) is 122 cm³/mol. The van der Waals surface area contributed by atoms with Gasteiger partial charge in [0.15, 0.2) is 23.1 Å². The Hall–Kier alpha value is -2.73. The van der Waals surface area contributed by atoms with Crippen LogP contribution in [0, 0.1) is 13.8 Å². The van der Waals surface area contributed by atoms with Gasteiger partial charge in [0.2, 0.25) is 0 Å². The fraction of sp³-hybridized carbons (Fsp3) is 0.130. The third kappa shape index (κ3) is 5.21. The van der Waals surface area contributed by atoms with Crippen LogP contribution in [0.25, 0.3) is 11.5 Å². The number of anilines is 1. The molecule has 3 aromatic rings. The summed E-state index contributed by atoms with van der Waals surface area (Å²) in [6, 6.07) is 16.5. The van der Waals surface area contributed by atoms with Crippen molar-refractivity contribution in [2.24, 2.45) is 0 Å². The third-order valence-corrected chi connectivity index (χ3v) is 4.89. The minimum atomic E-state index is -0.118. The lowest BCUT2D eigenvalue weighted by atomic mass is 10.1. The van der Waals surface area contributed by atoms with Crippen molar-refractivity contribution in [1.82, 2.24) is 0 Å². The second kappa shape index (κ2) is 9.18. The first-order chi connectivity index (χ1) is 13.9. The number of nitrogens with zero attached hydrogens (tertiary/aromatic N) is 1. The molecule has 0 aliphatic carbocycles. The van der Waals surface area contributed by atoms with Gasteiger partial charge in [-0.2, -0.15) is 4.57 Å². The Bertz CT molecular complexity index is 1060. The van der Waals surface area contributed by atoms with Crippen molar-refractivity contribution in [2.75, 3.05) is 5.32 Å². The minimum Gasteiger partial charge on any atom is -0.502 e. The zero-order chi connectivity index (χ0) is 21.0. The van der Waals surface area contributed by atoms with Crippen LogP contribution in [0.3, 0.4) is 0 Å². The number of aliphatic hydroxyl groups is 2. The number of rotatable bonds is 5. The van der Waals surface area contributed by atoms with Gasteiger partial charge in [-0.25, -0.2) is 0 Å². The molecule has 3 rings (SSSR count). The molecule has 6 heteroatoms. The minimum absolute atomic E-state index is 0.00336. The van der Waals surface area contributed by atoms with Crippen molar-refractivity contribution in [1.29, 1.82) is 0 Å². The number of benzene rings is 2. The molecule has 0 aliphatic rings. The van der Waals surface area contributed by atoms with E-state index in [1.807, 2.05) is 26.0 Å². The Kier molecular flexibility index (Phi) is 6.64. The van der Waals surface area contributed by atoms with Gasteiger partial charge in [-0.3, -0.25) is 0 Å². The molecule has 3 N–H and O–H groups in total. The summed E-state index contributed by atoms with van der Waals surface area (Å²) in [5.74, 6) is 0.00336. The molecule has 1 aromatic heterocycles. The normalized spacial score (nSPS) is 11.7. The molecule has 0 fully saturated rings. The van der Waals surface area contributed by atoms with Crippen molar-refractivity contribution in [3.8, 4) is 0 Å². The highest BCUT2D eigenvalue weighted by Gasteiger charge is 2.24. The summed E-state index contributed by atoms with van der Waals surface area (Å²) in [7, 11) is 0. The highest BCUT2D eigenvalue weighted by Crippen LogP contribution is 2.22. The average Bonchev–Trinajstić information content (AvgIpc) is 2.68. The van der Waals surface area contributed by atoms with E-state index in [2.05, 4.69) is 11.4 Å². The van der Waals surface area contributed by atoms with E-state index in [1.165, 1.54) is 0 Å². The standard InChI is InChI=1S/C23H21ClN2O2S/c1-15-10-16(2)12-20(11-15)25-23(29)21(26-9-3-4-17(13-26)14-27)22(28)18-5-7-19(24)8-6-18/h3-13,27H,14H2,1-2H3,(H-,25,28,29)/p+1. The third-order valence-electron chi connectivity index (χ3n) is 4.34. The van der Waals surface area contributed by atoms with Crippen LogP contribution in [0.5, 0.6) is 0 Å². The van der Waals surface area contributed by atoms with Gasteiger partial charge in [0.05, 0.1) is 6.61 Å². The summed E-state index contributed by atoms with van der Waals surface area (Å²) in [4.78, 5) is 0.350. The van der Waals surface area contributed by atoms with E-state index < -0.39 is 0 Å². The van der Waals surface area contributed by atoms with Crippen LogP contribution in [-0.4, -0.2) is 15.2 Å². The number of halogens is 1. The lowest BCUT2D eigenvalue weighted by Crippen LogP contribution is -2.39. The molecule has 0 radical (unpaired) electrons. The molecule has 0 atom stereocenters. The number of aliphatic hydroxyl groups excluding tert-OH is 2. The van der Waals surface area contributed by atoms with Crippen molar-refractivity contribution in [3.05, 3.63) is 94.3 Å². The summed E-state index contributed by atoms with van der Waals surface area (Å²) in [5.41, 5.74) is 4.74. The van der Waals surface area contributed by atoms with Gasteiger partial charge < -0.3 is 15.5 Å².